The molecule has 2 rings (SSSR count). The Hall–Kier alpha value is -0.0400. The van der Waals surface area contributed by atoms with E-state index < -0.39 is 0 Å². The average molecular weight is 139 g/mol. The molecule has 58 valence electrons. The van der Waals surface area contributed by atoms with E-state index in [-0.39, 0.29) is 0 Å². The Kier molecular flexibility index (Phi) is 1.31. The fraction of sp³-hybridized carbons (Fsp3) is 1.00. The molecular formula is C9H17N. The summed E-state index contributed by atoms with van der Waals surface area (Å²) in [6.45, 7) is 3.71. The van der Waals surface area contributed by atoms with Gasteiger partial charge in [-0.05, 0) is 45.2 Å². The molecule has 0 radical (unpaired) electrons. The van der Waals surface area contributed by atoms with Crippen molar-refractivity contribution in [2.75, 3.05) is 13.6 Å². The molecule has 1 heterocycles. The maximum atomic E-state index is 2.58. The molecule has 1 saturated heterocycles. The summed E-state index contributed by atoms with van der Waals surface area (Å²) in [5.74, 6) is 1.00. The van der Waals surface area contributed by atoms with Crippen LogP contribution in [0.3, 0.4) is 0 Å². The summed E-state index contributed by atoms with van der Waals surface area (Å²) in [6.07, 6.45) is 5.82. The van der Waals surface area contributed by atoms with Crippen molar-refractivity contribution in [3.63, 3.8) is 0 Å². The third-order valence-corrected chi connectivity index (χ3v) is 3.40. The molecule has 1 heteroatoms. The molecule has 1 aliphatic heterocycles. The van der Waals surface area contributed by atoms with Crippen LogP contribution in [-0.2, 0) is 0 Å². The fourth-order valence-electron chi connectivity index (χ4n) is 2.83. The molecule has 0 bridgehead atoms. The second kappa shape index (κ2) is 1.97. The first-order valence-electron chi connectivity index (χ1n) is 4.44. The highest BCUT2D eigenvalue weighted by Crippen LogP contribution is 2.47. The topological polar surface area (TPSA) is 3.24 Å². The lowest BCUT2D eigenvalue weighted by Crippen LogP contribution is -2.51. The first kappa shape index (κ1) is 6.66. The third kappa shape index (κ3) is 0.731. The van der Waals surface area contributed by atoms with Gasteiger partial charge < -0.3 is 4.90 Å². The minimum Gasteiger partial charge on any atom is -0.301 e. The summed E-state index contributed by atoms with van der Waals surface area (Å²) in [5.41, 5.74) is 0.680. The molecule has 1 spiro atoms. The molecular weight excluding hydrogens is 122 g/mol. The number of likely N-dealkylation sites (tertiary alicyclic amines) is 1. The summed E-state index contributed by atoms with van der Waals surface area (Å²) >= 11 is 0. The third-order valence-electron chi connectivity index (χ3n) is 3.40. The highest BCUT2D eigenvalue weighted by Gasteiger charge is 2.47. The molecule has 1 nitrogen and oxygen atoms in total. The highest BCUT2D eigenvalue weighted by molar-refractivity contribution is 5.03. The van der Waals surface area contributed by atoms with Gasteiger partial charge in [0, 0.05) is 5.54 Å². The van der Waals surface area contributed by atoms with Crippen LogP contribution in [0.1, 0.15) is 32.6 Å². The molecule has 1 saturated carbocycles. The van der Waals surface area contributed by atoms with Gasteiger partial charge in [0.2, 0.25) is 0 Å². The first-order valence-corrected chi connectivity index (χ1v) is 4.44. The number of hydrogen-bond donors (Lipinski definition) is 0. The molecule has 1 aliphatic carbocycles. The summed E-state index contributed by atoms with van der Waals surface area (Å²) in [5, 5.41) is 0. The van der Waals surface area contributed by atoms with E-state index in [1.807, 2.05) is 0 Å². The predicted molar refractivity (Wildman–Crippen MR) is 43.0 cm³/mol. The summed E-state index contributed by atoms with van der Waals surface area (Å²) in [7, 11) is 2.29. The summed E-state index contributed by atoms with van der Waals surface area (Å²) in [6, 6.07) is 0. The zero-order valence-corrected chi connectivity index (χ0v) is 7.06. The van der Waals surface area contributed by atoms with Gasteiger partial charge in [0.05, 0.1) is 0 Å². The molecule has 0 unspecified atom stereocenters. The second-order valence-electron chi connectivity index (χ2n) is 4.26. The van der Waals surface area contributed by atoms with Gasteiger partial charge in [-0.15, -0.1) is 0 Å². The minimum atomic E-state index is 0.680. The fourth-order valence-corrected chi connectivity index (χ4v) is 2.83. The van der Waals surface area contributed by atoms with Gasteiger partial charge in [0.15, 0.2) is 0 Å². The van der Waals surface area contributed by atoms with Crippen LogP contribution in [0.15, 0.2) is 0 Å². The largest absolute Gasteiger partial charge is 0.301 e. The molecule has 0 N–H and O–H groups in total. The van der Waals surface area contributed by atoms with Crippen LogP contribution >= 0.6 is 0 Å². The van der Waals surface area contributed by atoms with Crippen LogP contribution in [0.25, 0.3) is 0 Å². The average Bonchev–Trinajstić information content (AvgIpc) is 2.12. The standard InChI is InChI=1S/C9H17N/c1-8-6-9(7-8)4-3-5-10(9)2/h8H,3-7H2,1-2H3. The van der Waals surface area contributed by atoms with Gasteiger partial charge in [0.25, 0.3) is 0 Å². The summed E-state index contributed by atoms with van der Waals surface area (Å²) in [4.78, 5) is 2.58. The van der Waals surface area contributed by atoms with E-state index in [0.717, 1.165) is 5.92 Å². The molecule has 0 amide bonds. The van der Waals surface area contributed by atoms with Gasteiger partial charge in [-0.25, -0.2) is 0 Å². The quantitative estimate of drug-likeness (QED) is 0.495. The van der Waals surface area contributed by atoms with Crippen molar-refractivity contribution in [3.05, 3.63) is 0 Å². The van der Waals surface area contributed by atoms with Crippen molar-refractivity contribution < 1.29 is 0 Å². The first-order chi connectivity index (χ1) is 4.73. The normalized spacial score (nSPS) is 48.0. The Bertz CT molecular complexity index is 136. The van der Waals surface area contributed by atoms with E-state index in [9.17, 15) is 0 Å². The van der Waals surface area contributed by atoms with Crippen LogP contribution in [-0.4, -0.2) is 24.0 Å². The monoisotopic (exact) mass is 139 g/mol. The van der Waals surface area contributed by atoms with Gasteiger partial charge in [-0.3, -0.25) is 0 Å². The van der Waals surface area contributed by atoms with Gasteiger partial charge in [-0.1, -0.05) is 6.92 Å². The van der Waals surface area contributed by atoms with Crippen molar-refractivity contribution in [1.29, 1.82) is 0 Å². The Morgan fingerprint density at radius 1 is 1.40 bits per heavy atom. The van der Waals surface area contributed by atoms with Gasteiger partial charge in [-0.2, -0.15) is 0 Å². The lowest BCUT2D eigenvalue weighted by Gasteiger charge is -2.48. The maximum absolute atomic E-state index is 2.58. The van der Waals surface area contributed by atoms with Crippen molar-refractivity contribution in [1.82, 2.24) is 4.90 Å². The van der Waals surface area contributed by atoms with Crippen molar-refractivity contribution in [3.8, 4) is 0 Å². The Morgan fingerprint density at radius 3 is 2.50 bits per heavy atom. The van der Waals surface area contributed by atoms with E-state index in [2.05, 4.69) is 18.9 Å². The molecule has 2 fully saturated rings. The van der Waals surface area contributed by atoms with Crippen LogP contribution in [0.4, 0.5) is 0 Å². The highest BCUT2D eigenvalue weighted by atomic mass is 15.2. The minimum absolute atomic E-state index is 0.680. The second-order valence-corrected chi connectivity index (χ2v) is 4.26. The lowest BCUT2D eigenvalue weighted by molar-refractivity contribution is 0.0329. The summed E-state index contributed by atoms with van der Waals surface area (Å²) < 4.78 is 0. The van der Waals surface area contributed by atoms with Gasteiger partial charge >= 0.3 is 0 Å². The SMILES string of the molecule is CC1CC2(CCCN2C)C1. The Balaban J connectivity index is 2.03. The van der Waals surface area contributed by atoms with Crippen LogP contribution in [0.2, 0.25) is 0 Å². The lowest BCUT2D eigenvalue weighted by atomic mass is 9.68. The molecule has 0 aromatic rings. The van der Waals surface area contributed by atoms with Crippen LogP contribution in [0.5, 0.6) is 0 Å². The number of hydrogen-bond acceptors (Lipinski definition) is 1. The zero-order chi connectivity index (χ0) is 7.19. The molecule has 0 aromatic carbocycles. The van der Waals surface area contributed by atoms with Crippen molar-refractivity contribution in [2.45, 2.75) is 38.1 Å². The Labute approximate surface area is 63.4 Å². The van der Waals surface area contributed by atoms with E-state index in [1.54, 1.807) is 0 Å². The van der Waals surface area contributed by atoms with E-state index in [1.165, 1.54) is 32.2 Å². The zero-order valence-electron chi connectivity index (χ0n) is 7.06. The van der Waals surface area contributed by atoms with Crippen LogP contribution in [0, 0.1) is 5.92 Å². The molecule has 0 atom stereocenters. The van der Waals surface area contributed by atoms with E-state index in [4.69, 9.17) is 0 Å². The Morgan fingerprint density at radius 2 is 2.10 bits per heavy atom. The molecule has 10 heavy (non-hydrogen) atoms. The van der Waals surface area contributed by atoms with Crippen LogP contribution < -0.4 is 0 Å². The number of rotatable bonds is 0. The van der Waals surface area contributed by atoms with Crippen molar-refractivity contribution in [2.24, 2.45) is 5.92 Å². The molecule has 2 aliphatic rings. The molecule has 0 aromatic heterocycles. The van der Waals surface area contributed by atoms with E-state index in [0.29, 0.717) is 5.54 Å². The number of nitrogens with zero attached hydrogens (tertiary/aromatic N) is 1. The van der Waals surface area contributed by atoms with Gasteiger partial charge in [0.1, 0.15) is 0 Å². The predicted octanol–water partition coefficient (Wildman–Crippen LogP) is 1.88. The smallest absolute Gasteiger partial charge is 0.0212 e. The van der Waals surface area contributed by atoms with E-state index >= 15 is 0 Å². The maximum Gasteiger partial charge on any atom is 0.0212 e. The van der Waals surface area contributed by atoms with Crippen molar-refractivity contribution >= 4 is 0 Å².